The van der Waals surface area contributed by atoms with Crippen LogP contribution < -0.4 is 5.73 Å². The number of ether oxygens (including phenoxy) is 1. The van der Waals surface area contributed by atoms with Crippen molar-refractivity contribution in [1.29, 1.82) is 0 Å². The largest absolute Gasteiger partial charge is 0.411 e. The van der Waals surface area contributed by atoms with E-state index in [1.807, 2.05) is 43.3 Å². The Kier molecular flexibility index (Phi) is 4.30. The van der Waals surface area contributed by atoms with Gasteiger partial charge in [-0.3, -0.25) is 0 Å². The fourth-order valence-electron chi connectivity index (χ4n) is 2.28. The van der Waals surface area contributed by atoms with Crippen LogP contribution in [0, 0.1) is 6.92 Å². The predicted octanol–water partition coefficient (Wildman–Crippen LogP) is 3.73. The average Bonchev–Trinajstić information content (AvgIpc) is 2.36. The first-order valence-electron chi connectivity index (χ1n) is 6.27. The lowest BCUT2D eigenvalue weighted by Crippen LogP contribution is -2.23. The van der Waals surface area contributed by atoms with Crippen molar-refractivity contribution >= 4 is 10.8 Å². The second kappa shape index (κ2) is 5.81. The molecule has 2 nitrogen and oxygen atoms in total. The maximum Gasteiger partial charge on any atom is 0.411 e. The van der Waals surface area contributed by atoms with E-state index in [1.165, 1.54) is 0 Å². The van der Waals surface area contributed by atoms with E-state index in [4.69, 9.17) is 5.73 Å². The van der Waals surface area contributed by atoms with Gasteiger partial charge in [-0.25, -0.2) is 0 Å². The molecule has 0 radical (unpaired) electrons. The Morgan fingerprint density at radius 2 is 1.85 bits per heavy atom. The van der Waals surface area contributed by atoms with E-state index >= 15 is 0 Å². The fourth-order valence-corrected chi connectivity index (χ4v) is 2.28. The molecule has 0 spiro atoms. The van der Waals surface area contributed by atoms with Crippen LogP contribution in [0.3, 0.4) is 0 Å². The van der Waals surface area contributed by atoms with Crippen LogP contribution >= 0.6 is 0 Å². The molecule has 1 unspecified atom stereocenters. The zero-order valence-electron chi connectivity index (χ0n) is 11.1. The Balaban J connectivity index is 2.21. The Labute approximate surface area is 115 Å². The molecule has 0 bridgehead atoms. The van der Waals surface area contributed by atoms with Crippen molar-refractivity contribution in [1.82, 2.24) is 0 Å². The Morgan fingerprint density at radius 1 is 1.15 bits per heavy atom. The SMILES string of the molecule is Cc1ccc2ccccc2c1C(N)COCC(F)(F)F. The van der Waals surface area contributed by atoms with Gasteiger partial charge in [-0.15, -0.1) is 0 Å². The quantitative estimate of drug-likeness (QED) is 0.928. The van der Waals surface area contributed by atoms with Crippen LogP contribution in [-0.4, -0.2) is 19.4 Å². The highest BCUT2D eigenvalue weighted by Gasteiger charge is 2.28. The molecule has 5 heteroatoms. The van der Waals surface area contributed by atoms with E-state index in [-0.39, 0.29) is 6.61 Å². The molecule has 0 aliphatic heterocycles. The van der Waals surface area contributed by atoms with E-state index in [0.717, 1.165) is 21.9 Å². The number of fused-ring (bicyclic) bond motifs is 1. The summed E-state index contributed by atoms with van der Waals surface area (Å²) >= 11 is 0. The molecule has 0 saturated heterocycles. The van der Waals surface area contributed by atoms with Crippen molar-refractivity contribution in [2.75, 3.05) is 13.2 Å². The summed E-state index contributed by atoms with van der Waals surface area (Å²) in [5.41, 5.74) is 7.79. The highest BCUT2D eigenvalue weighted by atomic mass is 19.4. The minimum absolute atomic E-state index is 0.158. The molecule has 2 rings (SSSR count). The van der Waals surface area contributed by atoms with Gasteiger partial charge in [0.2, 0.25) is 0 Å². The van der Waals surface area contributed by atoms with E-state index in [1.54, 1.807) is 0 Å². The molecule has 108 valence electrons. The van der Waals surface area contributed by atoms with Gasteiger partial charge in [0.15, 0.2) is 0 Å². The first-order chi connectivity index (χ1) is 9.38. The van der Waals surface area contributed by atoms with Crippen molar-refractivity contribution in [3.8, 4) is 0 Å². The monoisotopic (exact) mass is 283 g/mol. The zero-order chi connectivity index (χ0) is 14.8. The molecule has 0 saturated carbocycles. The van der Waals surface area contributed by atoms with Crippen LogP contribution in [0.15, 0.2) is 36.4 Å². The molecule has 0 heterocycles. The number of halogens is 3. The van der Waals surface area contributed by atoms with Crippen molar-refractivity contribution in [3.63, 3.8) is 0 Å². The normalized spacial score (nSPS) is 13.7. The van der Waals surface area contributed by atoms with Gasteiger partial charge in [0.1, 0.15) is 6.61 Å². The summed E-state index contributed by atoms with van der Waals surface area (Å²) in [5, 5.41) is 1.97. The minimum atomic E-state index is -4.33. The molecular weight excluding hydrogens is 267 g/mol. The third kappa shape index (κ3) is 3.49. The molecule has 0 aliphatic carbocycles. The van der Waals surface area contributed by atoms with Crippen molar-refractivity contribution in [2.45, 2.75) is 19.1 Å². The lowest BCUT2D eigenvalue weighted by molar-refractivity contribution is -0.174. The molecule has 2 N–H and O–H groups in total. The van der Waals surface area contributed by atoms with Gasteiger partial charge < -0.3 is 10.5 Å². The van der Waals surface area contributed by atoms with Gasteiger partial charge >= 0.3 is 6.18 Å². The topological polar surface area (TPSA) is 35.2 Å². The van der Waals surface area contributed by atoms with E-state index in [9.17, 15) is 13.2 Å². The third-order valence-corrected chi connectivity index (χ3v) is 3.12. The molecular formula is C15H16F3NO. The van der Waals surface area contributed by atoms with Gasteiger partial charge in [-0.1, -0.05) is 36.4 Å². The maximum absolute atomic E-state index is 12.1. The van der Waals surface area contributed by atoms with Crippen molar-refractivity contribution in [3.05, 3.63) is 47.5 Å². The van der Waals surface area contributed by atoms with Crippen molar-refractivity contribution < 1.29 is 17.9 Å². The number of hydrogen-bond donors (Lipinski definition) is 1. The molecule has 20 heavy (non-hydrogen) atoms. The first-order valence-corrected chi connectivity index (χ1v) is 6.27. The zero-order valence-corrected chi connectivity index (χ0v) is 11.1. The summed E-state index contributed by atoms with van der Waals surface area (Å²) in [6, 6.07) is 11.0. The van der Waals surface area contributed by atoms with Crippen LogP contribution in [0.1, 0.15) is 17.2 Å². The fraction of sp³-hybridized carbons (Fsp3) is 0.333. The van der Waals surface area contributed by atoms with Crippen LogP contribution in [0.25, 0.3) is 10.8 Å². The number of nitrogens with two attached hydrogens (primary N) is 1. The van der Waals surface area contributed by atoms with Crippen LogP contribution in [-0.2, 0) is 4.74 Å². The highest BCUT2D eigenvalue weighted by molar-refractivity contribution is 5.87. The lowest BCUT2D eigenvalue weighted by atomic mass is 9.95. The van der Waals surface area contributed by atoms with E-state index in [0.29, 0.717) is 0 Å². The number of benzene rings is 2. The Bertz CT molecular complexity index is 595. The van der Waals surface area contributed by atoms with E-state index in [2.05, 4.69) is 4.74 Å². The van der Waals surface area contributed by atoms with E-state index < -0.39 is 18.8 Å². The summed E-state index contributed by atoms with van der Waals surface area (Å²) in [6.45, 7) is 0.463. The molecule has 0 aromatic heterocycles. The molecule has 0 amide bonds. The summed E-state index contributed by atoms with van der Waals surface area (Å²) in [6.07, 6.45) is -4.33. The Morgan fingerprint density at radius 3 is 2.55 bits per heavy atom. The lowest BCUT2D eigenvalue weighted by Gasteiger charge is -2.18. The van der Waals surface area contributed by atoms with Crippen molar-refractivity contribution in [2.24, 2.45) is 5.73 Å². The summed E-state index contributed by atoms with van der Waals surface area (Å²) in [7, 11) is 0. The van der Waals surface area contributed by atoms with Gasteiger partial charge in [0.05, 0.1) is 12.6 Å². The highest BCUT2D eigenvalue weighted by Crippen LogP contribution is 2.27. The summed E-state index contributed by atoms with van der Waals surface area (Å²) < 4.78 is 40.9. The number of rotatable bonds is 4. The standard InChI is InChI=1S/C15H16F3NO/c1-10-6-7-11-4-2-3-5-12(11)14(10)13(19)8-20-9-15(16,17)18/h2-7,13H,8-9,19H2,1H3. The number of aryl methyl sites for hydroxylation is 1. The molecule has 2 aromatic rings. The second-order valence-electron chi connectivity index (χ2n) is 4.75. The average molecular weight is 283 g/mol. The predicted molar refractivity (Wildman–Crippen MR) is 72.5 cm³/mol. The number of hydrogen-bond acceptors (Lipinski definition) is 2. The van der Waals surface area contributed by atoms with Gasteiger partial charge in [-0.05, 0) is 28.8 Å². The Hall–Kier alpha value is -1.59. The smallest absolute Gasteiger partial charge is 0.370 e. The summed E-state index contributed by atoms with van der Waals surface area (Å²) in [5.74, 6) is 0. The maximum atomic E-state index is 12.1. The minimum Gasteiger partial charge on any atom is -0.370 e. The molecule has 0 fully saturated rings. The van der Waals surface area contributed by atoms with Gasteiger partial charge in [0, 0.05) is 0 Å². The molecule has 0 aliphatic rings. The van der Waals surface area contributed by atoms with Crippen LogP contribution in [0.4, 0.5) is 13.2 Å². The molecule has 1 atom stereocenters. The van der Waals surface area contributed by atoms with Crippen LogP contribution in [0.5, 0.6) is 0 Å². The van der Waals surface area contributed by atoms with Gasteiger partial charge in [0.25, 0.3) is 0 Å². The second-order valence-corrected chi connectivity index (χ2v) is 4.75. The summed E-state index contributed by atoms with van der Waals surface area (Å²) in [4.78, 5) is 0. The number of alkyl halides is 3. The third-order valence-electron chi connectivity index (χ3n) is 3.12. The van der Waals surface area contributed by atoms with Gasteiger partial charge in [-0.2, -0.15) is 13.2 Å². The van der Waals surface area contributed by atoms with Crippen LogP contribution in [0.2, 0.25) is 0 Å². The first kappa shape index (κ1) is 14.8. The molecule has 2 aromatic carbocycles.